The zero-order valence-corrected chi connectivity index (χ0v) is 22.4. The molecule has 0 aromatic heterocycles. The van der Waals surface area contributed by atoms with Crippen molar-refractivity contribution in [3.8, 4) is 0 Å². The molecule has 0 atom stereocenters. The van der Waals surface area contributed by atoms with Crippen LogP contribution >= 0.6 is 0 Å². The Bertz CT molecular complexity index is 1440. The Balaban J connectivity index is 1.65. The molecule has 4 rings (SSSR count). The van der Waals surface area contributed by atoms with Gasteiger partial charge in [0, 0.05) is 18.8 Å². The Kier molecular flexibility index (Phi) is 7.75. The minimum atomic E-state index is -1.40. The number of anilines is 2. The Morgan fingerprint density at radius 3 is 2.05 bits per heavy atom. The fourth-order valence-electron chi connectivity index (χ4n) is 5.12. The van der Waals surface area contributed by atoms with Crippen LogP contribution in [0.15, 0.2) is 48.5 Å². The van der Waals surface area contributed by atoms with Crippen molar-refractivity contribution < 1.29 is 29.0 Å². The third-order valence-electron chi connectivity index (χ3n) is 7.11. The maximum Gasteiger partial charge on any atom is 0.407 e. The Morgan fingerprint density at radius 2 is 1.49 bits per heavy atom. The number of nitrogens with zero attached hydrogens (tertiary/aromatic N) is 1. The summed E-state index contributed by atoms with van der Waals surface area (Å²) in [6, 6.07) is 14.2. The van der Waals surface area contributed by atoms with E-state index in [1.54, 1.807) is 12.1 Å². The molecule has 0 aliphatic carbocycles. The molecular formula is C29H32N4O6. The van der Waals surface area contributed by atoms with Crippen LogP contribution in [0.2, 0.25) is 0 Å². The summed E-state index contributed by atoms with van der Waals surface area (Å²) in [6.45, 7) is 5.92. The molecule has 0 radical (unpaired) electrons. The highest BCUT2D eigenvalue weighted by Gasteiger charge is 2.45. The van der Waals surface area contributed by atoms with Crippen LogP contribution in [0.5, 0.6) is 0 Å². The van der Waals surface area contributed by atoms with E-state index in [1.165, 1.54) is 12.0 Å². The molecule has 4 amide bonds. The second-order valence-corrected chi connectivity index (χ2v) is 9.90. The van der Waals surface area contributed by atoms with Gasteiger partial charge in [-0.25, -0.2) is 14.4 Å². The number of piperidine rings is 1. The molecule has 0 saturated carbocycles. The van der Waals surface area contributed by atoms with Crippen molar-refractivity contribution in [1.29, 1.82) is 0 Å². The second kappa shape index (κ2) is 11.0. The van der Waals surface area contributed by atoms with E-state index in [0.717, 1.165) is 27.5 Å². The van der Waals surface area contributed by atoms with E-state index < -0.39 is 29.5 Å². The summed E-state index contributed by atoms with van der Waals surface area (Å²) in [7, 11) is 1.22. The molecule has 10 nitrogen and oxygen atoms in total. The number of carboxylic acid groups (broad SMARTS) is 1. The average Bonchev–Trinajstić information content (AvgIpc) is 2.90. The minimum absolute atomic E-state index is 0.0561. The van der Waals surface area contributed by atoms with E-state index >= 15 is 0 Å². The molecule has 10 heteroatoms. The molecule has 1 heterocycles. The normalized spacial score (nSPS) is 14.4. The van der Waals surface area contributed by atoms with E-state index in [4.69, 9.17) is 4.74 Å². The SMILES string of the molecule is COC(=O)C1(NC(=O)c2cc3ccccc3cc2NC(=O)Nc2c(C)cc(C)cc2C)CCN(C(=O)O)CC1. The number of hydrogen-bond donors (Lipinski definition) is 4. The number of methoxy groups -OCH3 is 1. The summed E-state index contributed by atoms with van der Waals surface area (Å²) < 4.78 is 4.99. The summed E-state index contributed by atoms with van der Waals surface area (Å²) in [4.78, 5) is 52.2. The molecule has 1 fully saturated rings. The highest BCUT2D eigenvalue weighted by molar-refractivity contribution is 6.10. The molecular weight excluding hydrogens is 500 g/mol. The van der Waals surface area contributed by atoms with Gasteiger partial charge < -0.3 is 30.7 Å². The summed E-state index contributed by atoms with van der Waals surface area (Å²) in [5, 5.41) is 19.4. The van der Waals surface area contributed by atoms with Gasteiger partial charge in [-0.05, 0) is 67.6 Å². The number of amides is 4. The lowest BCUT2D eigenvalue weighted by molar-refractivity contribution is -0.150. The van der Waals surface area contributed by atoms with Gasteiger partial charge in [0.05, 0.1) is 18.4 Å². The molecule has 1 saturated heterocycles. The summed E-state index contributed by atoms with van der Waals surface area (Å²) in [6.07, 6.45) is -0.980. The van der Waals surface area contributed by atoms with Crippen LogP contribution in [0.25, 0.3) is 10.8 Å². The van der Waals surface area contributed by atoms with Crippen molar-refractivity contribution >= 4 is 46.1 Å². The first kappa shape index (κ1) is 27.4. The van der Waals surface area contributed by atoms with Gasteiger partial charge in [-0.1, -0.05) is 42.0 Å². The van der Waals surface area contributed by atoms with Crippen LogP contribution in [-0.2, 0) is 9.53 Å². The smallest absolute Gasteiger partial charge is 0.407 e. The van der Waals surface area contributed by atoms with Crippen molar-refractivity contribution in [3.05, 3.63) is 70.8 Å². The van der Waals surface area contributed by atoms with Gasteiger partial charge in [0.1, 0.15) is 5.54 Å². The number of esters is 1. The average molecular weight is 533 g/mol. The number of carbonyl (C=O) groups excluding carboxylic acids is 3. The molecule has 39 heavy (non-hydrogen) atoms. The minimum Gasteiger partial charge on any atom is -0.467 e. The number of aryl methyl sites for hydroxylation is 3. The van der Waals surface area contributed by atoms with Crippen molar-refractivity contribution in [2.45, 2.75) is 39.2 Å². The van der Waals surface area contributed by atoms with Gasteiger partial charge in [-0.2, -0.15) is 0 Å². The number of nitrogens with one attached hydrogen (secondary N) is 3. The van der Waals surface area contributed by atoms with Crippen LogP contribution in [0.4, 0.5) is 21.0 Å². The van der Waals surface area contributed by atoms with Crippen molar-refractivity contribution in [3.63, 3.8) is 0 Å². The molecule has 3 aromatic rings. The topological polar surface area (TPSA) is 137 Å². The van der Waals surface area contributed by atoms with Gasteiger partial charge in [0.25, 0.3) is 5.91 Å². The van der Waals surface area contributed by atoms with E-state index in [0.29, 0.717) is 5.69 Å². The van der Waals surface area contributed by atoms with E-state index in [-0.39, 0.29) is 37.2 Å². The lowest BCUT2D eigenvalue weighted by atomic mass is 9.87. The van der Waals surface area contributed by atoms with Crippen LogP contribution in [-0.4, -0.2) is 59.7 Å². The van der Waals surface area contributed by atoms with Gasteiger partial charge in [0.2, 0.25) is 0 Å². The van der Waals surface area contributed by atoms with Gasteiger partial charge in [0.15, 0.2) is 0 Å². The first-order valence-electron chi connectivity index (χ1n) is 12.6. The van der Waals surface area contributed by atoms with Gasteiger partial charge >= 0.3 is 18.1 Å². The van der Waals surface area contributed by atoms with Gasteiger partial charge in [-0.15, -0.1) is 0 Å². The molecule has 204 valence electrons. The Morgan fingerprint density at radius 1 is 0.897 bits per heavy atom. The number of carbonyl (C=O) groups is 4. The predicted molar refractivity (Wildman–Crippen MR) is 148 cm³/mol. The van der Waals surface area contributed by atoms with E-state index in [9.17, 15) is 24.3 Å². The summed E-state index contributed by atoms with van der Waals surface area (Å²) in [5.41, 5.74) is 2.59. The first-order valence-corrected chi connectivity index (χ1v) is 12.6. The number of benzene rings is 3. The lowest BCUT2D eigenvalue weighted by Crippen LogP contribution is -2.61. The quantitative estimate of drug-likeness (QED) is 0.348. The molecule has 0 unspecified atom stereocenters. The zero-order valence-electron chi connectivity index (χ0n) is 22.4. The fourth-order valence-corrected chi connectivity index (χ4v) is 5.12. The van der Waals surface area contributed by atoms with Crippen LogP contribution < -0.4 is 16.0 Å². The Labute approximate surface area is 226 Å². The first-order chi connectivity index (χ1) is 18.5. The molecule has 4 N–H and O–H groups in total. The largest absolute Gasteiger partial charge is 0.467 e. The number of hydrogen-bond acceptors (Lipinski definition) is 5. The lowest BCUT2D eigenvalue weighted by Gasteiger charge is -2.39. The number of likely N-dealkylation sites (tertiary alicyclic amines) is 1. The number of urea groups is 1. The molecule has 1 aliphatic heterocycles. The predicted octanol–water partition coefficient (Wildman–Crippen LogP) is 4.82. The number of rotatable bonds is 5. The maximum atomic E-state index is 13.7. The number of fused-ring (bicyclic) bond motifs is 1. The van der Waals surface area contributed by atoms with E-state index in [2.05, 4.69) is 16.0 Å². The molecule has 3 aromatic carbocycles. The van der Waals surface area contributed by atoms with Crippen LogP contribution in [0.1, 0.15) is 39.9 Å². The second-order valence-electron chi connectivity index (χ2n) is 9.90. The van der Waals surface area contributed by atoms with Crippen molar-refractivity contribution in [2.75, 3.05) is 30.8 Å². The molecule has 0 bridgehead atoms. The highest BCUT2D eigenvalue weighted by atomic mass is 16.5. The van der Waals surface area contributed by atoms with E-state index in [1.807, 2.05) is 57.2 Å². The third-order valence-corrected chi connectivity index (χ3v) is 7.11. The van der Waals surface area contributed by atoms with Crippen LogP contribution in [0.3, 0.4) is 0 Å². The highest BCUT2D eigenvalue weighted by Crippen LogP contribution is 2.29. The van der Waals surface area contributed by atoms with Gasteiger partial charge in [-0.3, -0.25) is 4.79 Å². The summed E-state index contributed by atoms with van der Waals surface area (Å²) in [5.74, 6) is -1.24. The standard InChI is InChI=1S/C29H32N4O6/c1-17-13-18(2)24(19(3)14-17)31-27(36)30-23-16-21-8-6-5-7-20(21)15-22(23)25(34)32-29(26(35)39-4)9-11-33(12-10-29)28(37)38/h5-8,13-16H,9-12H2,1-4H3,(H,32,34)(H,37,38)(H2,30,31,36). The molecule has 1 aliphatic rings. The monoisotopic (exact) mass is 532 g/mol. The van der Waals surface area contributed by atoms with Crippen LogP contribution in [0, 0.1) is 20.8 Å². The fraction of sp³-hybridized carbons (Fsp3) is 0.310. The van der Waals surface area contributed by atoms with Crippen molar-refractivity contribution in [1.82, 2.24) is 10.2 Å². The third kappa shape index (κ3) is 5.79. The summed E-state index contributed by atoms with van der Waals surface area (Å²) >= 11 is 0. The molecule has 0 spiro atoms. The zero-order chi connectivity index (χ0) is 28.3. The Hall–Kier alpha value is -4.60. The van der Waals surface area contributed by atoms with Crippen molar-refractivity contribution in [2.24, 2.45) is 0 Å². The maximum absolute atomic E-state index is 13.7. The number of ether oxygens (including phenoxy) is 1.